The second-order valence-corrected chi connectivity index (χ2v) is 6.77. The highest BCUT2D eigenvalue weighted by atomic mass is 32.2. The first kappa shape index (κ1) is 15.4. The lowest BCUT2D eigenvalue weighted by Crippen LogP contribution is -2.43. The van der Waals surface area contributed by atoms with Gasteiger partial charge in [-0.3, -0.25) is 9.69 Å². The van der Waals surface area contributed by atoms with Crippen molar-refractivity contribution < 1.29 is 9.90 Å². The van der Waals surface area contributed by atoms with Crippen LogP contribution in [0.1, 0.15) is 25.3 Å². The van der Waals surface area contributed by atoms with Crippen LogP contribution in [-0.2, 0) is 4.79 Å². The molecule has 0 radical (unpaired) electrons. The number of rotatable bonds is 5. The van der Waals surface area contributed by atoms with E-state index in [-0.39, 0.29) is 5.92 Å². The summed E-state index contributed by atoms with van der Waals surface area (Å²) in [6, 6.07) is 9.00. The van der Waals surface area contributed by atoms with E-state index in [1.54, 1.807) is 0 Å². The van der Waals surface area contributed by atoms with E-state index in [0.717, 1.165) is 31.7 Å². The van der Waals surface area contributed by atoms with Gasteiger partial charge in [0.2, 0.25) is 0 Å². The number of benzene rings is 1. The summed E-state index contributed by atoms with van der Waals surface area (Å²) in [5, 5.41) is 9.07. The van der Waals surface area contributed by atoms with Gasteiger partial charge in [-0.25, -0.2) is 0 Å². The monoisotopic (exact) mass is 293 g/mol. The van der Waals surface area contributed by atoms with Gasteiger partial charge in [0.15, 0.2) is 0 Å². The second kappa shape index (κ2) is 7.14. The molecule has 2 rings (SSSR count). The molecule has 1 aromatic rings. The summed E-state index contributed by atoms with van der Waals surface area (Å²) in [6.07, 6.45) is 1.57. The summed E-state index contributed by atoms with van der Waals surface area (Å²) in [7, 11) is 0. The molecule has 2 unspecified atom stereocenters. The molecule has 3 nitrogen and oxygen atoms in total. The van der Waals surface area contributed by atoms with E-state index in [4.69, 9.17) is 5.11 Å². The van der Waals surface area contributed by atoms with E-state index < -0.39 is 5.97 Å². The lowest BCUT2D eigenvalue weighted by molar-refractivity contribution is -0.144. The van der Waals surface area contributed by atoms with Gasteiger partial charge in [0.05, 0.1) is 5.92 Å². The second-order valence-electron chi connectivity index (χ2n) is 5.61. The number of nitrogens with zero attached hydrogens (tertiary/aromatic N) is 1. The minimum atomic E-state index is -0.634. The van der Waals surface area contributed by atoms with Gasteiger partial charge >= 0.3 is 5.97 Å². The molecule has 0 aliphatic carbocycles. The molecular formula is C16H23NO2S. The number of likely N-dealkylation sites (tertiary alicyclic amines) is 1. The van der Waals surface area contributed by atoms with Gasteiger partial charge in [0.25, 0.3) is 0 Å². The van der Waals surface area contributed by atoms with Gasteiger partial charge in [0.1, 0.15) is 0 Å². The summed E-state index contributed by atoms with van der Waals surface area (Å²) in [6.45, 7) is 6.19. The molecule has 0 bridgehead atoms. The smallest absolute Gasteiger partial charge is 0.306 e. The Labute approximate surface area is 125 Å². The van der Waals surface area contributed by atoms with Crippen LogP contribution in [0.3, 0.4) is 0 Å². The van der Waals surface area contributed by atoms with Crippen molar-refractivity contribution in [1.29, 1.82) is 0 Å². The van der Waals surface area contributed by atoms with Crippen LogP contribution in [0, 0.1) is 12.8 Å². The number of thioether (sulfide) groups is 1. The number of hydrogen-bond donors (Lipinski definition) is 1. The van der Waals surface area contributed by atoms with Gasteiger partial charge in [-0.15, -0.1) is 11.8 Å². The molecular weight excluding hydrogens is 270 g/mol. The predicted octanol–water partition coefficient (Wildman–Crippen LogP) is 3.27. The van der Waals surface area contributed by atoms with Crippen LogP contribution in [0.4, 0.5) is 0 Å². The highest BCUT2D eigenvalue weighted by molar-refractivity contribution is 7.99. The molecule has 1 N–H and O–H groups in total. The largest absolute Gasteiger partial charge is 0.481 e. The summed E-state index contributed by atoms with van der Waals surface area (Å²) in [5.74, 6) is 0.280. The van der Waals surface area contributed by atoms with E-state index in [1.807, 2.05) is 11.8 Å². The number of aryl methyl sites for hydroxylation is 1. The molecule has 20 heavy (non-hydrogen) atoms. The Morgan fingerprint density at radius 3 is 2.70 bits per heavy atom. The van der Waals surface area contributed by atoms with Crippen LogP contribution >= 0.6 is 11.8 Å². The molecule has 110 valence electrons. The number of carboxylic acids is 1. The van der Waals surface area contributed by atoms with E-state index in [9.17, 15) is 4.79 Å². The Balaban J connectivity index is 1.74. The maximum absolute atomic E-state index is 11.0. The Hall–Kier alpha value is -1.00. The number of hydrogen-bond acceptors (Lipinski definition) is 3. The van der Waals surface area contributed by atoms with E-state index in [0.29, 0.717) is 6.04 Å². The molecule has 1 heterocycles. The molecule has 4 heteroatoms. The van der Waals surface area contributed by atoms with Crippen molar-refractivity contribution in [2.24, 2.45) is 5.92 Å². The predicted molar refractivity (Wildman–Crippen MR) is 83.3 cm³/mol. The molecule has 2 atom stereocenters. The zero-order chi connectivity index (χ0) is 14.5. The van der Waals surface area contributed by atoms with Crippen molar-refractivity contribution in [1.82, 2.24) is 4.90 Å². The molecule has 1 aliphatic rings. The van der Waals surface area contributed by atoms with Crippen molar-refractivity contribution >= 4 is 17.7 Å². The zero-order valence-electron chi connectivity index (χ0n) is 12.2. The normalized spacial score (nSPS) is 23.7. The maximum Gasteiger partial charge on any atom is 0.306 e. The third-order valence-electron chi connectivity index (χ3n) is 4.03. The molecule has 0 saturated carbocycles. The number of aliphatic carboxylic acids is 1. The summed E-state index contributed by atoms with van der Waals surface area (Å²) < 4.78 is 0. The molecule has 1 fully saturated rings. The SMILES string of the molecule is Cc1ccc(SCCN2CCC(C(=O)O)CC2C)cc1. The van der Waals surface area contributed by atoms with Gasteiger partial charge < -0.3 is 5.11 Å². The van der Waals surface area contributed by atoms with Gasteiger partial charge in [-0.05, 0) is 45.4 Å². The summed E-state index contributed by atoms with van der Waals surface area (Å²) in [4.78, 5) is 14.7. The first-order valence-electron chi connectivity index (χ1n) is 7.22. The minimum absolute atomic E-state index is 0.147. The third-order valence-corrected chi connectivity index (χ3v) is 5.02. The van der Waals surface area contributed by atoms with Crippen LogP contribution in [-0.4, -0.2) is 40.9 Å². The molecule has 1 aromatic carbocycles. The Bertz CT molecular complexity index is 446. The molecule has 0 aromatic heterocycles. The van der Waals surface area contributed by atoms with Gasteiger partial charge in [-0.1, -0.05) is 17.7 Å². The van der Waals surface area contributed by atoms with Crippen molar-refractivity contribution in [3.05, 3.63) is 29.8 Å². The van der Waals surface area contributed by atoms with Crippen molar-refractivity contribution in [2.75, 3.05) is 18.8 Å². The van der Waals surface area contributed by atoms with Crippen LogP contribution in [0.5, 0.6) is 0 Å². The lowest BCUT2D eigenvalue weighted by Gasteiger charge is -2.36. The fraction of sp³-hybridized carbons (Fsp3) is 0.562. The van der Waals surface area contributed by atoms with Crippen molar-refractivity contribution in [2.45, 2.75) is 37.6 Å². The molecule has 0 amide bonds. The number of carboxylic acid groups (broad SMARTS) is 1. The molecule has 1 saturated heterocycles. The Morgan fingerprint density at radius 1 is 1.40 bits per heavy atom. The average molecular weight is 293 g/mol. The molecule has 1 aliphatic heterocycles. The quantitative estimate of drug-likeness (QED) is 0.846. The molecule has 0 spiro atoms. The number of piperidine rings is 1. The number of carbonyl (C=O) groups is 1. The highest BCUT2D eigenvalue weighted by Crippen LogP contribution is 2.24. The third kappa shape index (κ3) is 4.25. The first-order chi connectivity index (χ1) is 9.56. The summed E-state index contributed by atoms with van der Waals surface area (Å²) in [5.41, 5.74) is 1.29. The Morgan fingerprint density at radius 2 is 2.10 bits per heavy atom. The van der Waals surface area contributed by atoms with E-state index in [2.05, 4.69) is 43.0 Å². The van der Waals surface area contributed by atoms with Crippen molar-refractivity contribution in [3.63, 3.8) is 0 Å². The van der Waals surface area contributed by atoms with Gasteiger partial charge in [0, 0.05) is 23.2 Å². The highest BCUT2D eigenvalue weighted by Gasteiger charge is 2.29. The van der Waals surface area contributed by atoms with Crippen LogP contribution in [0.2, 0.25) is 0 Å². The average Bonchev–Trinajstić information content (AvgIpc) is 2.42. The maximum atomic E-state index is 11.0. The van der Waals surface area contributed by atoms with Crippen LogP contribution < -0.4 is 0 Å². The van der Waals surface area contributed by atoms with Crippen molar-refractivity contribution in [3.8, 4) is 0 Å². The summed E-state index contributed by atoms with van der Waals surface area (Å²) >= 11 is 1.87. The van der Waals surface area contributed by atoms with Crippen LogP contribution in [0.15, 0.2) is 29.2 Å². The zero-order valence-corrected chi connectivity index (χ0v) is 13.0. The lowest BCUT2D eigenvalue weighted by atomic mass is 9.92. The minimum Gasteiger partial charge on any atom is -0.481 e. The Kier molecular flexibility index (Phi) is 5.49. The van der Waals surface area contributed by atoms with Gasteiger partial charge in [-0.2, -0.15) is 0 Å². The first-order valence-corrected chi connectivity index (χ1v) is 8.21. The van der Waals surface area contributed by atoms with Crippen LogP contribution in [0.25, 0.3) is 0 Å². The van der Waals surface area contributed by atoms with E-state index in [1.165, 1.54) is 10.5 Å². The van der Waals surface area contributed by atoms with E-state index >= 15 is 0 Å². The topological polar surface area (TPSA) is 40.5 Å². The fourth-order valence-corrected chi connectivity index (χ4v) is 3.58. The fourth-order valence-electron chi connectivity index (χ4n) is 2.69. The standard InChI is InChI=1S/C16H23NO2S/c1-12-3-5-15(6-4-12)20-10-9-17-8-7-14(16(18)19)11-13(17)2/h3-6,13-14H,7-11H2,1-2H3,(H,18,19).